The summed E-state index contributed by atoms with van der Waals surface area (Å²) in [6.07, 6.45) is 17.5. The highest BCUT2D eigenvalue weighted by atomic mass is 32.2. The highest BCUT2D eigenvalue weighted by Gasteiger charge is 2.67. The number of rotatable bonds is 7. The first-order chi connectivity index (χ1) is 16.0. The Morgan fingerprint density at radius 3 is 2.41 bits per heavy atom. The van der Waals surface area contributed by atoms with Crippen LogP contribution in [0.5, 0.6) is 0 Å². The first-order valence-electron chi connectivity index (χ1n) is 15.0. The van der Waals surface area contributed by atoms with Crippen LogP contribution >= 0.6 is 11.8 Å². The monoisotopic (exact) mass is 486 g/mol. The van der Waals surface area contributed by atoms with Gasteiger partial charge in [0.15, 0.2) is 0 Å². The quantitative estimate of drug-likeness (QED) is 0.286. The second kappa shape index (κ2) is 8.82. The molecule has 1 saturated heterocycles. The van der Waals surface area contributed by atoms with Gasteiger partial charge in [-0.05, 0) is 103 Å². The van der Waals surface area contributed by atoms with E-state index in [1.165, 1.54) is 70.0 Å². The van der Waals surface area contributed by atoms with Crippen LogP contribution in [0.25, 0.3) is 0 Å². The molecular formula is C32H54OS. The summed E-state index contributed by atoms with van der Waals surface area (Å²) in [5.41, 5.74) is 3.28. The summed E-state index contributed by atoms with van der Waals surface area (Å²) in [4.78, 5) is 0. The molecule has 3 saturated carbocycles. The van der Waals surface area contributed by atoms with Crippen LogP contribution in [-0.4, -0.2) is 22.2 Å². The van der Waals surface area contributed by atoms with E-state index in [2.05, 4.69) is 66.3 Å². The molecule has 1 aliphatic heterocycles. The van der Waals surface area contributed by atoms with E-state index in [4.69, 9.17) is 0 Å². The minimum absolute atomic E-state index is 0.0401. The zero-order valence-electron chi connectivity index (χ0n) is 23.5. The van der Waals surface area contributed by atoms with Crippen LogP contribution in [0.15, 0.2) is 11.6 Å². The Kier molecular flexibility index (Phi) is 6.66. The van der Waals surface area contributed by atoms with Crippen molar-refractivity contribution in [2.45, 2.75) is 130 Å². The Labute approximate surface area is 215 Å². The van der Waals surface area contributed by atoms with Gasteiger partial charge in [-0.1, -0.05) is 79.4 Å². The van der Waals surface area contributed by atoms with E-state index in [1.54, 1.807) is 0 Å². The van der Waals surface area contributed by atoms with E-state index in [0.717, 1.165) is 35.3 Å². The third-order valence-corrected chi connectivity index (χ3v) is 13.6. The first kappa shape index (κ1) is 25.7. The Bertz CT molecular complexity index is 795. The van der Waals surface area contributed by atoms with Gasteiger partial charge in [-0.2, -0.15) is 11.8 Å². The fraction of sp³-hybridized carbons (Fsp3) is 0.938. The van der Waals surface area contributed by atoms with E-state index in [0.29, 0.717) is 22.2 Å². The number of thioether (sulfide) groups is 1. The highest BCUT2D eigenvalue weighted by molar-refractivity contribution is 8.06. The molecule has 1 N–H and O–H groups in total. The summed E-state index contributed by atoms with van der Waals surface area (Å²) >= 11 is 2.23. The van der Waals surface area contributed by atoms with E-state index in [9.17, 15) is 5.11 Å². The zero-order chi connectivity index (χ0) is 24.5. The molecule has 0 spiro atoms. The Hall–Kier alpha value is 0.0500. The lowest BCUT2D eigenvalue weighted by atomic mass is 9.40. The smallest absolute Gasteiger partial charge is 0.0594 e. The number of fused-ring (bicyclic) bond motifs is 5. The van der Waals surface area contributed by atoms with Crippen LogP contribution in [0.4, 0.5) is 0 Å². The summed E-state index contributed by atoms with van der Waals surface area (Å²) < 4.78 is 0. The molecule has 0 aromatic rings. The SMILES string of the molecule is CC(C)CCC[C@@H](C)[C@H]1CC[C@@]2(C[C@@H]3CS3)C3=CC[C@H]4C(C)(C)[C@@H](O)CC[C@]4(C)[C@H]3CC[C@]12C. The first-order valence-corrected chi connectivity index (χ1v) is 16.0. The predicted molar refractivity (Wildman–Crippen MR) is 148 cm³/mol. The summed E-state index contributed by atoms with van der Waals surface area (Å²) in [6.45, 7) is 17.5. The van der Waals surface area contributed by atoms with Crippen molar-refractivity contribution in [2.24, 2.45) is 51.2 Å². The van der Waals surface area contributed by atoms with Crippen molar-refractivity contribution in [3.8, 4) is 0 Å². The van der Waals surface area contributed by atoms with Gasteiger partial charge in [0, 0.05) is 11.0 Å². The molecular weight excluding hydrogens is 432 g/mol. The van der Waals surface area contributed by atoms with Crippen molar-refractivity contribution in [1.29, 1.82) is 0 Å². The fourth-order valence-electron chi connectivity index (χ4n) is 10.5. The maximum atomic E-state index is 10.9. The lowest BCUT2D eigenvalue weighted by Crippen LogP contribution is -2.58. The molecule has 34 heavy (non-hydrogen) atoms. The Morgan fingerprint density at radius 2 is 1.74 bits per heavy atom. The molecule has 9 atom stereocenters. The van der Waals surface area contributed by atoms with E-state index < -0.39 is 0 Å². The zero-order valence-corrected chi connectivity index (χ0v) is 24.3. The van der Waals surface area contributed by atoms with Crippen LogP contribution < -0.4 is 0 Å². The molecule has 1 heterocycles. The van der Waals surface area contributed by atoms with Crippen molar-refractivity contribution >= 4 is 11.8 Å². The normalized spacial score (nSPS) is 48.0. The summed E-state index contributed by atoms with van der Waals surface area (Å²) in [5, 5.41) is 11.9. The van der Waals surface area contributed by atoms with E-state index in [1.807, 2.05) is 5.57 Å². The van der Waals surface area contributed by atoms with Crippen LogP contribution in [0, 0.1) is 51.2 Å². The van der Waals surface area contributed by atoms with Crippen molar-refractivity contribution in [3.63, 3.8) is 0 Å². The van der Waals surface area contributed by atoms with Gasteiger partial charge in [0.2, 0.25) is 0 Å². The Balaban J connectivity index is 1.48. The number of hydrogen-bond donors (Lipinski definition) is 1. The van der Waals surface area contributed by atoms with Gasteiger partial charge in [0.25, 0.3) is 0 Å². The van der Waals surface area contributed by atoms with Crippen molar-refractivity contribution in [3.05, 3.63) is 11.6 Å². The summed E-state index contributed by atoms with van der Waals surface area (Å²) in [5.74, 6) is 5.40. The molecule has 4 aliphatic carbocycles. The lowest BCUT2D eigenvalue weighted by molar-refractivity contribution is -0.133. The predicted octanol–water partition coefficient (Wildman–Crippen LogP) is 8.90. The van der Waals surface area contributed by atoms with Gasteiger partial charge in [-0.3, -0.25) is 0 Å². The van der Waals surface area contributed by atoms with Gasteiger partial charge < -0.3 is 5.11 Å². The fourth-order valence-corrected chi connectivity index (χ4v) is 11.2. The number of hydrogen-bond acceptors (Lipinski definition) is 2. The Morgan fingerprint density at radius 1 is 1.00 bits per heavy atom. The number of aliphatic hydroxyl groups excluding tert-OH is 1. The minimum atomic E-state index is -0.131. The molecule has 1 nitrogen and oxygen atoms in total. The summed E-state index contributed by atoms with van der Waals surface area (Å²) in [7, 11) is 0. The van der Waals surface area contributed by atoms with Gasteiger partial charge in [-0.25, -0.2) is 0 Å². The molecule has 5 aliphatic rings. The molecule has 2 heteroatoms. The summed E-state index contributed by atoms with van der Waals surface area (Å²) in [6, 6.07) is 0. The molecule has 4 fully saturated rings. The average Bonchev–Trinajstić information content (AvgIpc) is 3.51. The van der Waals surface area contributed by atoms with Gasteiger partial charge in [0.05, 0.1) is 6.10 Å². The van der Waals surface area contributed by atoms with Crippen LogP contribution in [0.2, 0.25) is 0 Å². The van der Waals surface area contributed by atoms with Gasteiger partial charge in [0.1, 0.15) is 0 Å². The molecule has 0 bridgehead atoms. The molecule has 0 amide bonds. The lowest BCUT2D eigenvalue weighted by Gasteiger charge is -2.65. The maximum Gasteiger partial charge on any atom is 0.0594 e. The van der Waals surface area contributed by atoms with Crippen LogP contribution in [-0.2, 0) is 0 Å². The third-order valence-electron chi connectivity index (χ3n) is 12.7. The second-order valence-electron chi connectivity index (χ2n) is 15.0. The van der Waals surface area contributed by atoms with Crippen molar-refractivity contribution in [2.75, 3.05) is 5.75 Å². The van der Waals surface area contributed by atoms with Crippen molar-refractivity contribution < 1.29 is 5.11 Å². The number of allylic oxidation sites excluding steroid dienone is 2. The molecule has 0 aromatic heterocycles. The van der Waals surface area contributed by atoms with Crippen molar-refractivity contribution in [1.82, 2.24) is 0 Å². The second-order valence-corrected chi connectivity index (χ2v) is 16.4. The number of aliphatic hydroxyl groups is 1. The molecule has 194 valence electrons. The van der Waals surface area contributed by atoms with Crippen LogP contribution in [0.3, 0.4) is 0 Å². The highest BCUT2D eigenvalue weighted by Crippen LogP contribution is 2.75. The molecule has 0 unspecified atom stereocenters. The average molecular weight is 487 g/mol. The maximum absolute atomic E-state index is 10.9. The van der Waals surface area contributed by atoms with E-state index >= 15 is 0 Å². The van der Waals surface area contributed by atoms with Crippen LogP contribution in [0.1, 0.15) is 119 Å². The third kappa shape index (κ3) is 3.81. The van der Waals surface area contributed by atoms with Gasteiger partial charge >= 0.3 is 0 Å². The molecule has 5 rings (SSSR count). The van der Waals surface area contributed by atoms with Gasteiger partial charge in [-0.15, -0.1) is 0 Å². The molecule has 0 aromatic carbocycles. The standard InChI is InChI=1S/C32H54OS/c1-21(2)9-8-10-22(3)24-14-18-32(19-23-20-34-23)26-11-12-27-29(4,5)28(33)15-16-30(27,6)25(26)13-17-31(24,32)7/h11,21-25,27-28,33H,8-10,12-20H2,1-7H3/t22-,23-,24-,25+,27+,28+,30-,31-,32-/m1/s1. The van der Waals surface area contributed by atoms with E-state index in [-0.39, 0.29) is 11.5 Å². The topological polar surface area (TPSA) is 20.2 Å². The molecule has 0 radical (unpaired) electrons. The minimum Gasteiger partial charge on any atom is -0.393 e. The largest absolute Gasteiger partial charge is 0.393 e.